The number of rotatable bonds is 0. The minimum atomic E-state index is -0.474. The fraction of sp³-hybridized carbons (Fsp3) is 0. The Balaban J connectivity index is 0.000000980. The van der Waals surface area contributed by atoms with Crippen LogP contribution in [0.2, 0.25) is 0 Å². The van der Waals surface area contributed by atoms with E-state index in [1.54, 1.807) is 6.07 Å². The summed E-state index contributed by atoms with van der Waals surface area (Å²) in [7, 11) is 0. The number of aromatic nitrogens is 1. The number of hydrogen-bond acceptors (Lipinski definition) is 3. The second-order valence-electron chi connectivity index (χ2n) is 2.70. The number of pyridine rings is 1. The summed E-state index contributed by atoms with van der Waals surface area (Å²) >= 11 is 0. The summed E-state index contributed by atoms with van der Waals surface area (Å²) in [5.41, 5.74) is 5.55. The molecule has 2 rings (SSSR count). The number of benzene rings is 1. The maximum atomic E-state index is 13.2. The molecule has 0 aliphatic carbocycles. The van der Waals surface area contributed by atoms with Gasteiger partial charge in [0.1, 0.15) is 11.3 Å². The van der Waals surface area contributed by atoms with E-state index in [9.17, 15) is 9.50 Å². The molecule has 0 saturated heterocycles. The highest BCUT2D eigenvalue weighted by atomic mass is 35.5. The van der Waals surface area contributed by atoms with E-state index in [0.717, 1.165) is 6.07 Å². The lowest BCUT2D eigenvalue weighted by Crippen LogP contribution is -1.91. The average Bonchev–Trinajstić information content (AvgIpc) is 2.15. The molecule has 0 aliphatic rings. The van der Waals surface area contributed by atoms with Crippen molar-refractivity contribution in [3.63, 3.8) is 0 Å². The van der Waals surface area contributed by atoms with Gasteiger partial charge >= 0.3 is 0 Å². The number of fused-ring (bicyclic) bond motifs is 1. The summed E-state index contributed by atoms with van der Waals surface area (Å²) in [5.74, 6) is -0.643. The molecule has 5 heteroatoms. The van der Waals surface area contributed by atoms with Crippen LogP contribution in [0, 0.1) is 5.82 Å². The molecule has 0 amide bonds. The zero-order valence-corrected chi connectivity index (χ0v) is 7.88. The molecule has 14 heavy (non-hydrogen) atoms. The summed E-state index contributed by atoms with van der Waals surface area (Å²) in [4.78, 5) is 3.83. The predicted molar refractivity (Wildman–Crippen MR) is 55.0 cm³/mol. The lowest BCUT2D eigenvalue weighted by atomic mass is 10.2. The van der Waals surface area contributed by atoms with Crippen LogP contribution in [-0.2, 0) is 0 Å². The SMILES string of the molecule is Cl.Nc1cc(F)c2cccnc2c1O. The minimum Gasteiger partial charge on any atom is -0.504 e. The number of nitrogens with zero attached hydrogens (tertiary/aromatic N) is 1. The first-order valence-corrected chi connectivity index (χ1v) is 3.72. The van der Waals surface area contributed by atoms with Gasteiger partial charge in [-0.25, -0.2) is 4.39 Å². The first-order valence-electron chi connectivity index (χ1n) is 3.72. The molecule has 1 heterocycles. The van der Waals surface area contributed by atoms with Crippen LogP contribution in [0.5, 0.6) is 5.75 Å². The van der Waals surface area contributed by atoms with Gasteiger partial charge in [-0.05, 0) is 12.1 Å². The van der Waals surface area contributed by atoms with Gasteiger partial charge in [0, 0.05) is 17.6 Å². The predicted octanol–water partition coefficient (Wildman–Crippen LogP) is 2.08. The van der Waals surface area contributed by atoms with Crippen LogP contribution >= 0.6 is 12.4 Å². The summed E-state index contributed by atoms with van der Waals surface area (Å²) in [5, 5.41) is 9.70. The quantitative estimate of drug-likeness (QED) is 0.522. The summed E-state index contributed by atoms with van der Waals surface area (Å²) in [6.45, 7) is 0. The highest BCUT2D eigenvalue weighted by molar-refractivity contribution is 5.89. The summed E-state index contributed by atoms with van der Waals surface area (Å²) in [6.07, 6.45) is 1.47. The number of anilines is 1. The van der Waals surface area contributed by atoms with Crippen molar-refractivity contribution in [1.29, 1.82) is 0 Å². The molecule has 2 aromatic rings. The summed E-state index contributed by atoms with van der Waals surface area (Å²) < 4.78 is 13.2. The largest absolute Gasteiger partial charge is 0.504 e. The number of nitrogens with two attached hydrogens (primary N) is 1. The zero-order chi connectivity index (χ0) is 9.42. The van der Waals surface area contributed by atoms with Crippen molar-refractivity contribution < 1.29 is 9.50 Å². The van der Waals surface area contributed by atoms with Gasteiger partial charge in [-0.15, -0.1) is 12.4 Å². The standard InChI is InChI=1S/C9H7FN2O.ClH/c10-6-4-7(11)9(13)8-5(6)2-1-3-12-8;/h1-4,13H,11H2;1H. The maximum Gasteiger partial charge on any atom is 0.165 e. The van der Waals surface area contributed by atoms with Crippen LogP contribution in [0.25, 0.3) is 10.9 Å². The molecule has 0 bridgehead atoms. The van der Waals surface area contributed by atoms with Crippen LogP contribution in [0.3, 0.4) is 0 Å². The maximum absolute atomic E-state index is 13.2. The van der Waals surface area contributed by atoms with Crippen molar-refractivity contribution in [2.45, 2.75) is 0 Å². The number of aromatic hydroxyl groups is 1. The molecule has 3 nitrogen and oxygen atoms in total. The van der Waals surface area contributed by atoms with Crippen molar-refractivity contribution in [3.8, 4) is 5.75 Å². The molecule has 74 valence electrons. The highest BCUT2D eigenvalue weighted by Crippen LogP contribution is 2.30. The Labute approximate surface area is 85.8 Å². The van der Waals surface area contributed by atoms with E-state index in [1.165, 1.54) is 12.3 Å². The van der Waals surface area contributed by atoms with Gasteiger partial charge in [0.15, 0.2) is 5.75 Å². The van der Waals surface area contributed by atoms with Gasteiger partial charge in [0.25, 0.3) is 0 Å². The molecular weight excluding hydrogens is 207 g/mol. The van der Waals surface area contributed by atoms with Gasteiger partial charge in [0.05, 0.1) is 5.69 Å². The Morgan fingerprint density at radius 2 is 2.14 bits per heavy atom. The van der Waals surface area contributed by atoms with Crippen LogP contribution in [0.15, 0.2) is 24.4 Å². The van der Waals surface area contributed by atoms with Crippen molar-refractivity contribution in [3.05, 3.63) is 30.2 Å². The minimum absolute atomic E-state index is 0. The zero-order valence-electron chi connectivity index (χ0n) is 7.07. The second kappa shape index (κ2) is 3.67. The van der Waals surface area contributed by atoms with E-state index in [1.807, 2.05) is 0 Å². The molecule has 1 aromatic carbocycles. The van der Waals surface area contributed by atoms with E-state index in [2.05, 4.69) is 4.98 Å². The van der Waals surface area contributed by atoms with Crippen LogP contribution < -0.4 is 5.73 Å². The smallest absolute Gasteiger partial charge is 0.165 e. The molecule has 0 unspecified atom stereocenters. The molecule has 0 fully saturated rings. The molecular formula is C9H8ClFN2O. The Bertz CT molecular complexity index is 476. The van der Waals surface area contributed by atoms with E-state index >= 15 is 0 Å². The number of halogens is 2. The van der Waals surface area contributed by atoms with E-state index in [4.69, 9.17) is 5.73 Å². The van der Waals surface area contributed by atoms with Crippen LogP contribution in [-0.4, -0.2) is 10.1 Å². The molecule has 0 saturated carbocycles. The normalized spacial score (nSPS) is 9.79. The monoisotopic (exact) mass is 214 g/mol. The van der Waals surface area contributed by atoms with Gasteiger partial charge in [0.2, 0.25) is 0 Å². The highest BCUT2D eigenvalue weighted by Gasteiger charge is 2.09. The molecule has 3 N–H and O–H groups in total. The van der Waals surface area contributed by atoms with Gasteiger partial charge < -0.3 is 10.8 Å². The Kier molecular flexibility index (Phi) is 2.76. The fourth-order valence-corrected chi connectivity index (χ4v) is 1.21. The summed E-state index contributed by atoms with van der Waals surface area (Å²) in [6, 6.07) is 4.22. The van der Waals surface area contributed by atoms with E-state index < -0.39 is 5.82 Å². The first-order chi connectivity index (χ1) is 6.20. The third-order valence-electron chi connectivity index (χ3n) is 1.84. The molecule has 0 radical (unpaired) electrons. The average molecular weight is 215 g/mol. The Morgan fingerprint density at radius 1 is 1.43 bits per heavy atom. The van der Waals surface area contributed by atoms with Crippen molar-refractivity contribution in [2.24, 2.45) is 0 Å². The van der Waals surface area contributed by atoms with Crippen molar-refractivity contribution in [2.75, 3.05) is 5.73 Å². The molecule has 0 aliphatic heterocycles. The van der Waals surface area contributed by atoms with Crippen molar-refractivity contribution in [1.82, 2.24) is 4.98 Å². The van der Waals surface area contributed by atoms with E-state index in [0.29, 0.717) is 0 Å². The molecule has 0 spiro atoms. The third kappa shape index (κ3) is 1.44. The van der Waals surface area contributed by atoms with Gasteiger partial charge in [-0.1, -0.05) is 0 Å². The first kappa shape index (κ1) is 10.5. The molecule has 0 atom stereocenters. The number of hydrogen-bond donors (Lipinski definition) is 2. The fourth-order valence-electron chi connectivity index (χ4n) is 1.21. The number of nitrogen functional groups attached to an aromatic ring is 1. The van der Waals surface area contributed by atoms with Gasteiger partial charge in [-0.2, -0.15) is 0 Å². The van der Waals surface area contributed by atoms with Gasteiger partial charge in [-0.3, -0.25) is 4.98 Å². The lowest BCUT2D eigenvalue weighted by molar-refractivity contribution is 0.481. The number of phenolic OH excluding ortho intramolecular Hbond substituents is 1. The molecule has 1 aromatic heterocycles. The third-order valence-corrected chi connectivity index (χ3v) is 1.84. The Morgan fingerprint density at radius 3 is 2.86 bits per heavy atom. The lowest BCUT2D eigenvalue weighted by Gasteiger charge is -2.03. The van der Waals surface area contributed by atoms with Crippen LogP contribution in [0.4, 0.5) is 10.1 Å². The second-order valence-corrected chi connectivity index (χ2v) is 2.70. The Hall–Kier alpha value is -1.55. The topological polar surface area (TPSA) is 59.1 Å². The van der Waals surface area contributed by atoms with Crippen molar-refractivity contribution >= 4 is 29.0 Å². The van der Waals surface area contributed by atoms with E-state index in [-0.39, 0.29) is 34.7 Å². The number of phenols is 1. The van der Waals surface area contributed by atoms with Crippen LogP contribution in [0.1, 0.15) is 0 Å².